The van der Waals surface area contributed by atoms with Crippen molar-refractivity contribution in [3.8, 4) is 5.75 Å². The van der Waals surface area contributed by atoms with Crippen LogP contribution in [-0.2, 0) is 4.74 Å². The summed E-state index contributed by atoms with van der Waals surface area (Å²) in [6.07, 6.45) is 2.12. The summed E-state index contributed by atoms with van der Waals surface area (Å²) in [6.45, 7) is 0.383. The Morgan fingerprint density at radius 3 is 2.65 bits per heavy atom. The van der Waals surface area contributed by atoms with Crippen LogP contribution >= 0.6 is 0 Å². The third-order valence-corrected chi connectivity index (χ3v) is 2.62. The average Bonchev–Trinajstić information content (AvgIpc) is 3.14. The molecule has 92 valence electrons. The largest absolute Gasteiger partial charge is 0.490 e. The topological polar surface area (TPSA) is 35.5 Å². The molecule has 0 spiro atoms. The molecule has 1 aliphatic rings. The maximum atomic E-state index is 13.5. The monoisotopic (exact) mass is 242 g/mol. The second kappa shape index (κ2) is 4.69. The van der Waals surface area contributed by atoms with Gasteiger partial charge in [-0.15, -0.1) is 0 Å². The lowest BCUT2D eigenvalue weighted by Gasteiger charge is -2.08. The van der Waals surface area contributed by atoms with Gasteiger partial charge in [0.25, 0.3) is 0 Å². The fraction of sp³-hybridized carbons (Fsp3) is 0.417. The van der Waals surface area contributed by atoms with Gasteiger partial charge in [-0.3, -0.25) is 0 Å². The SMILES string of the molecule is COC(=O)c1ccc(OCC2CC2)c(F)c1F. The number of ether oxygens (including phenoxy) is 2. The minimum Gasteiger partial charge on any atom is -0.490 e. The van der Waals surface area contributed by atoms with Crippen LogP contribution in [0.5, 0.6) is 5.75 Å². The van der Waals surface area contributed by atoms with Crippen molar-refractivity contribution in [3.05, 3.63) is 29.3 Å². The second-order valence-electron chi connectivity index (χ2n) is 3.99. The first kappa shape index (κ1) is 11.8. The molecule has 1 aromatic rings. The van der Waals surface area contributed by atoms with Gasteiger partial charge in [0, 0.05) is 0 Å². The van der Waals surface area contributed by atoms with Gasteiger partial charge in [0.05, 0.1) is 19.3 Å². The highest BCUT2D eigenvalue weighted by molar-refractivity contribution is 5.89. The van der Waals surface area contributed by atoms with Gasteiger partial charge in [0.1, 0.15) is 0 Å². The van der Waals surface area contributed by atoms with Crippen LogP contribution < -0.4 is 4.74 Å². The second-order valence-corrected chi connectivity index (χ2v) is 3.99. The summed E-state index contributed by atoms with van der Waals surface area (Å²) >= 11 is 0. The Morgan fingerprint density at radius 1 is 1.35 bits per heavy atom. The van der Waals surface area contributed by atoms with E-state index in [2.05, 4.69) is 4.74 Å². The number of carbonyl (C=O) groups is 1. The number of hydrogen-bond donors (Lipinski definition) is 0. The van der Waals surface area contributed by atoms with Crippen LogP contribution in [0.1, 0.15) is 23.2 Å². The van der Waals surface area contributed by atoms with Crippen LogP contribution in [0.4, 0.5) is 8.78 Å². The number of esters is 1. The van der Waals surface area contributed by atoms with Crippen molar-refractivity contribution in [3.63, 3.8) is 0 Å². The van der Waals surface area contributed by atoms with Crippen molar-refractivity contribution in [2.24, 2.45) is 5.92 Å². The summed E-state index contributed by atoms with van der Waals surface area (Å²) in [5.74, 6) is -3.01. The maximum Gasteiger partial charge on any atom is 0.340 e. The molecule has 0 heterocycles. The standard InChI is InChI=1S/C12H12F2O3/c1-16-12(15)8-4-5-9(11(14)10(8)13)17-6-7-2-3-7/h4-5,7H,2-3,6H2,1H3. The van der Waals surface area contributed by atoms with Crippen molar-refractivity contribution >= 4 is 5.97 Å². The van der Waals surface area contributed by atoms with Gasteiger partial charge in [-0.05, 0) is 30.9 Å². The lowest BCUT2D eigenvalue weighted by molar-refractivity contribution is 0.0594. The lowest BCUT2D eigenvalue weighted by atomic mass is 10.2. The summed E-state index contributed by atoms with van der Waals surface area (Å²) in [5, 5.41) is 0. The quantitative estimate of drug-likeness (QED) is 0.761. The molecule has 1 saturated carbocycles. The van der Waals surface area contributed by atoms with E-state index in [0.717, 1.165) is 26.0 Å². The van der Waals surface area contributed by atoms with E-state index in [9.17, 15) is 13.6 Å². The van der Waals surface area contributed by atoms with Crippen LogP contribution in [0, 0.1) is 17.6 Å². The van der Waals surface area contributed by atoms with Gasteiger partial charge >= 0.3 is 5.97 Å². The van der Waals surface area contributed by atoms with E-state index in [1.807, 2.05) is 0 Å². The molecule has 0 N–H and O–H groups in total. The molecule has 2 rings (SSSR count). The molecule has 17 heavy (non-hydrogen) atoms. The van der Waals surface area contributed by atoms with Crippen LogP contribution in [0.25, 0.3) is 0 Å². The number of carbonyl (C=O) groups excluding carboxylic acids is 1. The highest BCUT2D eigenvalue weighted by Gasteiger charge is 2.24. The number of benzene rings is 1. The van der Waals surface area contributed by atoms with E-state index < -0.39 is 23.2 Å². The van der Waals surface area contributed by atoms with Crippen molar-refractivity contribution in [1.82, 2.24) is 0 Å². The third kappa shape index (κ3) is 2.54. The zero-order valence-corrected chi connectivity index (χ0v) is 9.33. The molecular weight excluding hydrogens is 230 g/mol. The Morgan fingerprint density at radius 2 is 2.06 bits per heavy atom. The van der Waals surface area contributed by atoms with E-state index in [4.69, 9.17) is 4.74 Å². The number of halogens is 2. The molecule has 1 fully saturated rings. The zero-order chi connectivity index (χ0) is 12.4. The summed E-state index contributed by atoms with van der Waals surface area (Å²) in [4.78, 5) is 11.1. The molecule has 0 amide bonds. The molecule has 1 aliphatic carbocycles. The summed E-state index contributed by atoms with van der Waals surface area (Å²) < 4.78 is 36.5. The van der Waals surface area contributed by atoms with Gasteiger partial charge in [-0.25, -0.2) is 9.18 Å². The molecule has 3 nitrogen and oxygen atoms in total. The Labute approximate surface area is 97.3 Å². The van der Waals surface area contributed by atoms with E-state index in [0.29, 0.717) is 12.5 Å². The number of rotatable bonds is 4. The van der Waals surface area contributed by atoms with E-state index in [1.54, 1.807) is 0 Å². The van der Waals surface area contributed by atoms with Crippen LogP contribution in [0.2, 0.25) is 0 Å². The molecular formula is C12H12F2O3. The predicted molar refractivity (Wildman–Crippen MR) is 55.9 cm³/mol. The molecule has 0 atom stereocenters. The highest BCUT2D eigenvalue weighted by atomic mass is 19.2. The van der Waals surface area contributed by atoms with E-state index in [-0.39, 0.29) is 5.75 Å². The minimum atomic E-state index is -1.23. The first-order valence-corrected chi connectivity index (χ1v) is 5.32. The van der Waals surface area contributed by atoms with Gasteiger partial charge in [0.15, 0.2) is 11.6 Å². The zero-order valence-electron chi connectivity index (χ0n) is 9.33. The Kier molecular flexibility index (Phi) is 3.26. The number of hydrogen-bond acceptors (Lipinski definition) is 3. The van der Waals surface area contributed by atoms with Crippen molar-refractivity contribution in [2.45, 2.75) is 12.8 Å². The molecule has 5 heteroatoms. The molecule has 1 aromatic carbocycles. The molecule has 0 aromatic heterocycles. The van der Waals surface area contributed by atoms with E-state index in [1.165, 1.54) is 6.07 Å². The summed E-state index contributed by atoms with van der Waals surface area (Å²) in [7, 11) is 1.11. The van der Waals surface area contributed by atoms with Gasteiger partial charge < -0.3 is 9.47 Å². The Balaban J connectivity index is 2.18. The Bertz CT molecular complexity index is 442. The van der Waals surface area contributed by atoms with Gasteiger partial charge in [-0.2, -0.15) is 4.39 Å². The minimum absolute atomic E-state index is 0.165. The van der Waals surface area contributed by atoms with Crippen molar-refractivity contribution < 1.29 is 23.0 Å². The first-order valence-electron chi connectivity index (χ1n) is 5.32. The normalized spacial score (nSPS) is 14.5. The molecule has 0 unspecified atom stereocenters. The van der Waals surface area contributed by atoms with Crippen LogP contribution in [0.15, 0.2) is 12.1 Å². The van der Waals surface area contributed by atoms with E-state index >= 15 is 0 Å². The van der Waals surface area contributed by atoms with Crippen molar-refractivity contribution in [1.29, 1.82) is 0 Å². The maximum absolute atomic E-state index is 13.5. The number of methoxy groups -OCH3 is 1. The summed E-state index contributed by atoms with van der Waals surface area (Å²) in [6, 6.07) is 2.40. The lowest BCUT2D eigenvalue weighted by Crippen LogP contribution is -2.08. The fourth-order valence-electron chi connectivity index (χ4n) is 1.40. The molecule has 0 bridgehead atoms. The Hall–Kier alpha value is -1.65. The van der Waals surface area contributed by atoms with Gasteiger partial charge in [0.2, 0.25) is 5.82 Å². The molecule has 0 saturated heterocycles. The van der Waals surface area contributed by atoms with Crippen LogP contribution in [0.3, 0.4) is 0 Å². The van der Waals surface area contributed by atoms with Crippen molar-refractivity contribution in [2.75, 3.05) is 13.7 Å². The smallest absolute Gasteiger partial charge is 0.340 e. The first-order chi connectivity index (χ1) is 8.13. The molecule has 0 aliphatic heterocycles. The predicted octanol–water partition coefficient (Wildman–Crippen LogP) is 2.54. The van der Waals surface area contributed by atoms with Crippen LogP contribution in [-0.4, -0.2) is 19.7 Å². The third-order valence-electron chi connectivity index (χ3n) is 2.62. The summed E-state index contributed by atoms with van der Waals surface area (Å²) in [5.41, 5.74) is -0.427. The highest BCUT2D eigenvalue weighted by Crippen LogP contribution is 2.31. The fourth-order valence-corrected chi connectivity index (χ4v) is 1.40. The average molecular weight is 242 g/mol. The molecule has 0 radical (unpaired) electrons. The van der Waals surface area contributed by atoms with Gasteiger partial charge in [-0.1, -0.05) is 0 Å².